The zero-order valence-electron chi connectivity index (χ0n) is 15.1. The van der Waals surface area contributed by atoms with Crippen LogP contribution in [0.3, 0.4) is 0 Å². The van der Waals surface area contributed by atoms with E-state index >= 15 is 0 Å². The summed E-state index contributed by atoms with van der Waals surface area (Å²) in [4.78, 5) is 0. The Morgan fingerprint density at radius 1 is 1.19 bits per heavy atom. The molecule has 0 unspecified atom stereocenters. The topological polar surface area (TPSA) is 27.7 Å². The lowest BCUT2D eigenvalue weighted by molar-refractivity contribution is -0.205. The number of rotatable bonds is 7. The van der Waals surface area contributed by atoms with Gasteiger partial charge in [-0.1, -0.05) is 42.5 Å². The minimum atomic E-state index is -0.423. The van der Waals surface area contributed by atoms with Crippen LogP contribution in [0.4, 0.5) is 4.39 Å². The summed E-state index contributed by atoms with van der Waals surface area (Å²) in [6.45, 7) is 5.34. The molecule has 3 rings (SSSR count). The summed E-state index contributed by atoms with van der Waals surface area (Å²) >= 11 is 0. The maximum atomic E-state index is 14.3. The van der Waals surface area contributed by atoms with Crippen molar-refractivity contribution < 1.29 is 18.6 Å². The first-order valence-corrected chi connectivity index (χ1v) is 8.93. The van der Waals surface area contributed by atoms with Gasteiger partial charge in [0.2, 0.25) is 0 Å². The van der Waals surface area contributed by atoms with Gasteiger partial charge in [0.1, 0.15) is 5.82 Å². The molecule has 1 saturated heterocycles. The van der Waals surface area contributed by atoms with Gasteiger partial charge in [0.15, 0.2) is 6.29 Å². The first-order chi connectivity index (χ1) is 12.7. The molecule has 3 nitrogen and oxygen atoms in total. The van der Waals surface area contributed by atoms with E-state index in [4.69, 9.17) is 14.2 Å². The van der Waals surface area contributed by atoms with Crippen LogP contribution in [-0.4, -0.2) is 20.3 Å². The highest BCUT2D eigenvalue weighted by atomic mass is 19.1. The Kier molecular flexibility index (Phi) is 6.56. The predicted octanol–water partition coefficient (Wildman–Crippen LogP) is 5.27. The smallest absolute Gasteiger partial charge is 0.184 e. The van der Waals surface area contributed by atoms with Crippen LogP contribution in [0.2, 0.25) is 0 Å². The average Bonchev–Trinajstić information content (AvgIpc) is 2.68. The van der Waals surface area contributed by atoms with Crippen molar-refractivity contribution in [3.63, 3.8) is 0 Å². The van der Waals surface area contributed by atoms with Gasteiger partial charge in [0, 0.05) is 24.2 Å². The van der Waals surface area contributed by atoms with Crippen molar-refractivity contribution in [1.82, 2.24) is 0 Å². The molecule has 0 atom stereocenters. The number of hydrogen-bond donors (Lipinski definition) is 0. The van der Waals surface area contributed by atoms with Crippen LogP contribution in [0.15, 0.2) is 55.1 Å². The molecule has 0 amide bonds. The Hall–Kier alpha value is -2.01. The van der Waals surface area contributed by atoms with E-state index in [1.165, 1.54) is 0 Å². The van der Waals surface area contributed by atoms with Crippen LogP contribution in [0.25, 0.3) is 11.1 Å². The van der Waals surface area contributed by atoms with Gasteiger partial charge in [-0.3, -0.25) is 0 Å². The zero-order chi connectivity index (χ0) is 18.4. The summed E-state index contributed by atoms with van der Waals surface area (Å²) in [5.74, 6) is 0.122. The minimum Gasteiger partial charge on any atom is -0.380 e. The van der Waals surface area contributed by atoms with Crippen LogP contribution >= 0.6 is 0 Å². The summed E-state index contributed by atoms with van der Waals surface area (Å²) in [6, 6.07) is 13.1. The second kappa shape index (κ2) is 9.08. The van der Waals surface area contributed by atoms with Crippen molar-refractivity contribution in [2.24, 2.45) is 5.92 Å². The van der Waals surface area contributed by atoms with Crippen molar-refractivity contribution in [2.45, 2.75) is 25.7 Å². The first-order valence-electron chi connectivity index (χ1n) is 8.93. The molecule has 2 aromatic rings. The highest BCUT2D eigenvalue weighted by Gasteiger charge is 2.25. The monoisotopic (exact) mass is 356 g/mol. The Balaban J connectivity index is 1.79. The van der Waals surface area contributed by atoms with Gasteiger partial charge < -0.3 is 14.2 Å². The molecule has 26 heavy (non-hydrogen) atoms. The normalized spacial score (nSPS) is 20.1. The molecule has 1 fully saturated rings. The summed E-state index contributed by atoms with van der Waals surface area (Å²) < 4.78 is 31.3. The third-order valence-electron chi connectivity index (χ3n) is 4.62. The summed E-state index contributed by atoms with van der Waals surface area (Å²) in [6.07, 6.45) is 3.48. The van der Waals surface area contributed by atoms with E-state index in [1.807, 2.05) is 36.4 Å². The lowest BCUT2D eigenvalue weighted by atomic mass is 9.97. The van der Waals surface area contributed by atoms with Crippen LogP contribution in [0.1, 0.15) is 30.3 Å². The van der Waals surface area contributed by atoms with E-state index < -0.39 is 6.29 Å². The first kappa shape index (κ1) is 18.8. The minimum absolute atomic E-state index is 0.259. The fraction of sp³-hybridized carbons (Fsp3) is 0.364. The molecule has 0 spiro atoms. The SMILES string of the molecule is C=CCC[C@H]1CO[C@H](c2ccccc2-c2ccc(COC)c(F)c2)OC1. The maximum absolute atomic E-state index is 14.3. The highest BCUT2D eigenvalue weighted by Crippen LogP contribution is 2.34. The quantitative estimate of drug-likeness (QED) is 0.633. The van der Waals surface area contributed by atoms with Crippen molar-refractivity contribution in [1.29, 1.82) is 0 Å². The molecule has 0 aliphatic carbocycles. The Morgan fingerprint density at radius 3 is 2.65 bits per heavy atom. The number of benzene rings is 2. The third-order valence-corrected chi connectivity index (χ3v) is 4.62. The fourth-order valence-corrected chi connectivity index (χ4v) is 3.20. The van der Waals surface area contributed by atoms with Crippen molar-refractivity contribution >= 4 is 0 Å². The Labute approximate surface area is 154 Å². The molecule has 1 aliphatic heterocycles. The maximum Gasteiger partial charge on any atom is 0.184 e. The van der Waals surface area contributed by atoms with Crippen LogP contribution in [0, 0.1) is 11.7 Å². The van der Waals surface area contributed by atoms with Gasteiger partial charge in [-0.2, -0.15) is 0 Å². The van der Waals surface area contributed by atoms with Gasteiger partial charge >= 0.3 is 0 Å². The molecule has 1 aliphatic rings. The summed E-state index contributed by atoms with van der Waals surface area (Å²) in [7, 11) is 1.56. The molecule has 0 bridgehead atoms. The van der Waals surface area contributed by atoms with E-state index in [2.05, 4.69) is 6.58 Å². The summed E-state index contributed by atoms with van der Waals surface area (Å²) in [5, 5.41) is 0. The molecule has 0 saturated carbocycles. The summed E-state index contributed by atoms with van der Waals surface area (Å²) in [5.41, 5.74) is 3.20. The molecule has 2 aromatic carbocycles. The lowest BCUT2D eigenvalue weighted by Crippen LogP contribution is -2.27. The molecular formula is C22H25FO3. The van der Waals surface area contributed by atoms with E-state index in [-0.39, 0.29) is 12.4 Å². The predicted molar refractivity (Wildman–Crippen MR) is 100 cm³/mol. The lowest BCUT2D eigenvalue weighted by Gasteiger charge is -2.30. The largest absolute Gasteiger partial charge is 0.380 e. The molecule has 0 N–H and O–H groups in total. The zero-order valence-corrected chi connectivity index (χ0v) is 15.1. The van der Waals surface area contributed by atoms with Crippen molar-refractivity contribution in [3.05, 3.63) is 72.1 Å². The number of allylic oxidation sites excluding steroid dienone is 1. The number of halogens is 1. The fourth-order valence-electron chi connectivity index (χ4n) is 3.20. The molecule has 138 valence electrons. The van der Waals surface area contributed by atoms with Gasteiger partial charge in [-0.25, -0.2) is 4.39 Å². The van der Waals surface area contributed by atoms with Gasteiger partial charge in [-0.05, 0) is 30.0 Å². The van der Waals surface area contributed by atoms with E-state index in [0.717, 1.165) is 29.5 Å². The van der Waals surface area contributed by atoms with Crippen LogP contribution < -0.4 is 0 Å². The van der Waals surface area contributed by atoms with Crippen LogP contribution in [-0.2, 0) is 20.8 Å². The molecule has 4 heteroatoms. The second-order valence-electron chi connectivity index (χ2n) is 6.56. The molecule has 1 heterocycles. The van der Waals surface area contributed by atoms with Gasteiger partial charge in [0.25, 0.3) is 0 Å². The number of methoxy groups -OCH3 is 1. The van der Waals surface area contributed by atoms with E-state index in [1.54, 1.807) is 19.2 Å². The Morgan fingerprint density at radius 2 is 1.96 bits per heavy atom. The van der Waals surface area contributed by atoms with E-state index in [0.29, 0.717) is 24.7 Å². The van der Waals surface area contributed by atoms with Crippen LogP contribution in [0.5, 0.6) is 0 Å². The van der Waals surface area contributed by atoms with E-state index in [9.17, 15) is 4.39 Å². The van der Waals surface area contributed by atoms with Crippen molar-refractivity contribution in [3.8, 4) is 11.1 Å². The Bertz CT molecular complexity index is 736. The molecule has 0 aromatic heterocycles. The second-order valence-corrected chi connectivity index (χ2v) is 6.56. The average molecular weight is 356 g/mol. The standard InChI is InChI=1S/C22H25FO3/c1-3-4-7-16-13-25-22(26-14-16)20-9-6-5-8-19(20)17-10-11-18(15-24-2)21(23)12-17/h3,5-6,8-12,16,22H,1,4,7,13-15H2,2H3/t16-,22-. The molecular weight excluding hydrogens is 331 g/mol. The van der Waals surface area contributed by atoms with Gasteiger partial charge in [-0.15, -0.1) is 6.58 Å². The van der Waals surface area contributed by atoms with Crippen molar-refractivity contribution in [2.75, 3.05) is 20.3 Å². The third kappa shape index (κ3) is 4.39. The molecule has 0 radical (unpaired) electrons. The number of ether oxygens (including phenoxy) is 3. The van der Waals surface area contributed by atoms with Gasteiger partial charge in [0.05, 0.1) is 19.8 Å². The number of hydrogen-bond acceptors (Lipinski definition) is 3. The highest BCUT2D eigenvalue weighted by molar-refractivity contribution is 5.68.